The molecule has 0 bridgehead atoms. The minimum Gasteiger partial charge on any atom is -0.329 e. The quantitative estimate of drug-likeness (QED) is 0.837. The van der Waals surface area contributed by atoms with Gasteiger partial charge in [0.2, 0.25) is 0 Å². The van der Waals surface area contributed by atoms with E-state index in [4.69, 9.17) is 23.8 Å². The molecular weight excluding hydrogens is 266 g/mol. The highest BCUT2D eigenvalue weighted by Gasteiger charge is 2.26. The second-order valence-corrected chi connectivity index (χ2v) is 5.89. The van der Waals surface area contributed by atoms with Crippen LogP contribution < -0.4 is 0 Å². The van der Waals surface area contributed by atoms with Crippen molar-refractivity contribution < 1.29 is 0 Å². The molecule has 2 heterocycles. The van der Waals surface area contributed by atoms with Gasteiger partial charge in [-0.1, -0.05) is 31.4 Å². The Morgan fingerprint density at radius 3 is 3.06 bits per heavy atom. The Balaban J connectivity index is 2.08. The van der Waals surface area contributed by atoms with E-state index in [0.29, 0.717) is 11.1 Å². The van der Waals surface area contributed by atoms with Gasteiger partial charge in [-0.15, -0.1) is 0 Å². The molecule has 0 saturated heterocycles. The molecular formula is C13H16ClN3S. The van der Waals surface area contributed by atoms with Gasteiger partial charge < -0.3 is 4.98 Å². The first-order valence-corrected chi connectivity index (χ1v) is 7.23. The summed E-state index contributed by atoms with van der Waals surface area (Å²) in [6, 6.07) is 2.34. The lowest BCUT2D eigenvalue weighted by atomic mass is 10.1. The molecule has 0 aromatic carbocycles. The minimum absolute atomic E-state index is 0.451. The van der Waals surface area contributed by atoms with Crippen LogP contribution in [0.25, 0.3) is 11.2 Å². The number of nitrogens with one attached hydrogen (secondary N) is 1. The lowest BCUT2D eigenvalue weighted by Gasteiger charge is -2.16. The average molecular weight is 282 g/mol. The van der Waals surface area contributed by atoms with Crippen molar-refractivity contribution >= 4 is 35.0 Å². The Bertz CT molecular complexity index is 627. The number of aromatic amines is 1. The summed E-state index contributed by atoms with van der Waals surface area (Å²) in [5.41, 5.74) is 1.86. The number of hydrogen-bond donors (Lipinski definition) is 1. The topological polar surface area (TPSA) is 33.6 Å². The van der Waals surface area contributed by atoms with E-state index in [2.05, 4.69) is 21.5 Å². The van der Waals surface area contributed by atoms with Gasteiger partial charge in [-0.25, -0.2) is 4.98 Å². The first-order valence-electron chi connectivity index (χ1n) is 6.44. The number of H-pyrrole nitrogens is 1. The zero-order valence-electron chi connectivity index (χ0n) is 10.3. The van der Waals surface area contributed by atoms with Crippen LogP contribution in [0.2, 0.25) is 5.02 Å². The highest BCUT2D eigenvalue weighted by Crippen LogP contribution is 2.38. The second kappa shape index (κ2) is 4.67. The molecule has 1 saturated carbocycles. The van der Waals surface area contributed by atoms with Crippen LogP contribution in [-0.4, -0.2) is 14.5 Å². The maximum absolute atomic E-state index is 5.96. The Morgan fingerprint density at radius 2 is 2.39 bits per heavy atom. The predicted octanol–water partition coefficient (Wildman–Crippen LogP) is 4.50. The molecule has 1 unspecified atom stereocenters. The van der Waals surface area contributed by atoms with Gasteiger partial charge in [0.15, 0.2) is 10.4 Å². The Hall–Kier alpha value is -0.870. The molecule has 0 amide bonds. The Labute approximate surface area is 116 Å². The number of imidazole rings is 1. The van der Waals surface area contributed by atoms with Crippen molar-refractivity contribution in [1.82, 2.24) is 14.5 Å². The zero-order chi connectivity index (χ0) is 12.7. The standard InChI is InChI=1S/C13H16ClN3S/c1-2-10(5-8-3-4-8)17-12-11(16-13(17)18)6-9(14)7-15-12/h6-8,10H,2-5H2,1H3,(H,16,18). The van der Waals surface area contributed by atoms with Crippen LogP contribution in [0, 0.1) is 10.7 Å². The van der Waals surface area contributed by atoms with E-state index in [-0.39, 0.29) is 0 Å². The fourth-order valence-corrected chi connectivity index (χ4v) is 3.02. The molecule has 2 aromatic heterocycles. The molecule has 1 aliphatic carbocycles. The van der Waals surface area contributed by atoms with E-state index in [1.807, 2.05) is 6.07 Å². The van der Waals surface area contributed by atoms with E-state index in [9.17, 15) is 0 Å². The Kier molecular flexibility index (Phi) is 3.16. The van der Waals surface area contributed by atoms with Gasteiger partial charge in [0.1, 0.15) is 0 Å². The number of aromatic nitrogens is 3. The molecule has 5 heteroatoms. The summed E-state index contributed by atoms with van der Waals surface area (Å²) < 4.78 is 2.92. The third kappa shape index (κ3) is 2.19. The Morgan fingerprint density at radius 1 is 1.61 bits per heavy atom. The van der Waals surface area contributed by atoms with Crippen molar-refractivity contribution in [2.45, 2.75) is 38.6 Å². The molecule has 0 aliphatic heterocycles. The first kappa shape index (κ1) is 12.2. The van der Waals surface area contributed by atoms with Gasteiger partial charge >= 0.3 is 0 Å². The predicted molar refractivity (Wildman–Crippen MR) is 76.6 cm³/mol. The van der Waals surface area contributed by atoms with Gasteiger partial charge in [0.25, 0.3) is 0 Å². The van der Waals surface area contributed by atoms with Crippen molar-refractivity contribution in [3.63, 3.8) is 0 Å². The number of fused-ring (bicyclic) bond motifs is 1. The fourth-order valence-electron chi connectivity index (χ4n) is 2.52. The summed E-state index contributed by atoms with van der Waals surface area (Å²) in [5.74, 6) is 0.883. The molecule has 3 nitrogen and oxygen atoms in total. The average Bonchev–Trinajstić information content (AvgIpc) is 3.09. The third-order valence-electron chi connectivity index (χ3n) is 3.66. The molecule has 1 atom stereocenters. The van der Waals surface area contributed by atoms with Crippen LogP contribution in [0.4, 0.5) is 0 Å². The number of hydrogen-bond acceptors (Lipinski definition) is 2. The molecule has 0 radical (unpaired) electrons. The van der Waals surface area contributed by atoms with Gasteiger partial charge in [0.05, 0.1) is 10.5 Å². The van der Waals surface area contributed by atoms with Crippen LogP contribution in [-0.2, 0) is 0 Å². The molecule has 2 aromatic rings. The first-order chi connectivity index (χ1) is 8.69. The summed E-state index contributed by atoms with van der Waals surface area (Å²) in [4.78, 5) is 7.64. The van der Waals surface area contributed by atoms with Crippen LogP contribution >= 0.6 is 23.8 Å². The summed E-state index contributed by atoms with van der Waals surface area (Å²) in [7, 11) is 0. The van der Waals surface area contributed by atoms with Gasteiger partial charge in [-0.2, -0.15) is 0 Å². The van der Waals surface area contributed by atoms with Gasteiger partial charge in [0, 0.05) is 12.2 Å². The maximum Gasteiger partial charge on any atom is 0.179 e. The number of nitrogens with zero attached hydrogens (tertiary/aromatic N) is 2. The highest BCUT2D eigenvalue weighted by atomic mass is 35.5. The lowest BCUT2D eigenvalue weighted by Crippen LogP contribution is -2.09. The fraction of sp³-hybridized carbons (Fsp3) is 0.538. The van der Waals surface area contributed by atoms with Gasteiger partial charge in [-0.3, -0.25) is 4.57 Å². The molecule has 3 rings (SSSR count). The van der Waals surface area contributed by atoms with E-state index in [0.717, 1.165) is 28.3 Å². The van der Waals surface area contributed by atoms with E-state index in [1.165, 1.54) is 19.3 Å². The normalized spacial score (nSPS) is 17.2. The number of rotatable bonds is 4. The third-order valence-corrected chi connectivity index (χ3v) is 4.17. The maximum atomic E-state index is 5.96. The summed E-state index contributed by atoms with van der Waals surface area (Å²) in [5, 5.41) is 0.640. The summed E-state index contributed by atoms with van der Waals surface area (Å²) in [6.07, 6.45) is 6.72. The van der Waals surface area contributed by atoms with Crippen molar-refractivity contribution in [3.05, 3.63) is 22.1 Å². The van der Waals surface area contributed by atoms with Crippen molar-refractivity contribution in [2.24, 2.45) is 5.92 Å². The molecule has 0 spiro atoms. The molecule has 1 aliphatic rings. The number of halogens is 1. The minimum atomic E-state index is 0.451. The lowest BCUT2D eigenvalue weighted by molar-refractivity contribution is 0.432. The van der Waals surface area contributed by atoms with E-state index in [1.54, 1.807) is 6.20 Å². The molecule has 18 heavy (non-hydrogen) atoms. The smallest absolute Gasteiger partial charge is 0.179 e. The van der Waals surface area contributed by atoms with Crippen molar-refractivity contribution in [2.75, 3.05) is 0 Å². The monoisotopic (exact) mass is 281 g/mol. The molecule has 96 valence electrons. The largest absolute Gasteiger partial charge is 0.329 e. The van der Waals surface area contributed by atoms with E-state index < -0.39 is 0 Å². The molecule has 1 N–H and O–H groups in total. The molecule has 1 fully saturated rings. The number of pyridine rings is 1. The van der Waals surface area contributed by atoms with Crippen LogP contribution in [0.3, 0.4) is 0 Å². The highest BCUT2D eigenvalue weighted by molar-refractivity contribution is 7.71. The van der Waals surface area contributed by atoms with Crippen molar-refractivity contribution in [1.29, 1.82) is 0 Å². The van der Waals surface area contributed by atoms with Crippen LogP contribution in [0.15, 0.2) is 12.3 Å². The second-order valence-electron chi connectivity index (χ2n) is 5.07. The SMILES string of the molecule is CCC(CC1CC1)n1c(=S)[nH]c2cc(Cl)cnc21. The van der Waals surface area contributed by atoms with Crippen LogP contribution in [0.1, 0.15) is 38.6 Å². The summed E-state index contributed by atoms with van der Waals surface area (Å²) in [6.45, 7) is 2.21. The summed E-state index contributed by atoms with van der Waals surface area (Å²) >= 11 is 11.4. The zero-order valence-corrected chi connectivity index (χ0v) is 11.9. The van der Waals surface area contributed by atoms with Gasteiger partial charge in [-0.05, 0) is 37.0 Å². The van der Waals surface area contributed by atoms with Crippen molar-refractivity contribution in [3.8, 4) is 0 Å². The van der Waals surface area contributed by atoms with Crippen LogP contribution in [0.5, 0.6) is 0 Å². The van der Waals surface area contributed by atoms with E-state index >= 15 is 0 Å².